The fourth-order valence-corrected chi connectivity index (χ4v) is 0.976. The summed E-state index contributed by atoms with van der Waals surface area (Å²) in [6, 6.07) is 1.62. The van der Waals surface area contributed by atoms with Gasteiger partial charge < -0.3 is 4.74 Å². The van der Waals surface area contributed by atoms with E-state index in [0.29, 0.717) is 6.07 Å². The van der Waals surface area contributed by atoms with Crippen LogP contribution < -0.4 is 5.32 Å². The number of benzene rings is 1. The van der Waals surface area contributed by atoms with Crippen molar-refractivity contribution in [1.82, 2.24) is 0 Å². The molecule has 0 radical (unpaired) electrons. The lowest BCUT2D eigenvalue weighted by Crippen LogP contribution is -2.19. The maximum absolute atomic E-state index is 13.1. The molecule has 0 aliphatic heterocycles. The van der Waals surface area contributed by atoms with Gasteiger partial charge in [-0.3, -0.25) is 5.32 Å². The Morgan fingerprint density at radius 2 is 1.88 bits per heavy atom. The summed E-state index contributed by atoms with van der Waals surface area (Å²) in [5, 5.41) is 1.97. The lowest BCUT2D eigenvalue weighted by Gasteiger charge is -2.10. The molecule has 0 aliphatic rings. The van der Waals surface area contributed by atoms with Crippen LogP contribution in [0.25, 0.3) is 0 Å². The summed E-state index contributed by atoms with van der Waals surface area (Å²) in [7, 11) is 0. The Balaban J connectivity index is 2.82. The van der Waals surface area contributed by atoms with Gasteiger partial charge in [0.1, 0.15) is 0 Å². The number of halogens is 3. The molecule has 1 aromatic rings. The molecule has 6 heteroatoms. The maximum Gasteiger partial charge on any atom is 0.411 e. The molecule has 1 N–H and O–H groups in total. The highest BCUT2D eigenvalue weighted by Crippen LogP contribution is 2.19. The monoisotopic (exact) mass is 233 g/mol. The van der Waals surface area contributed by atoms with E-state index in [2.05, 4.69) is 4.74 Å². The third-order valence-corrected chi connectivity index (χ3v) is 1.61. The number of amides is 1. The van der Waals surface area contributed by atoms with Crippen LogP contribution in [0.2, 0.25) is 0 Å². The highest BCUT2D eigenvalue weighted by Gasteiger charge is 2.15. The summed E-state index contributed by atoms with van der Waals surface area (Å²) in [6.45, 7) is 3.20. The van der Waals surface area contributed by atoms with Gasteiger partial charge in [-0.25, -0.2) is 18.0 Å². The number of rotatable bonds is 2. The number of ether oxygens (including phenoxy) is 1. The van der Waals surface area contributed by atoms with Gasteiger partial charge in [-0.15, -0.1) is 0 Å². The van der Waals surface area contributed by atoms with E-state index in [1.165, 1.54) is 0 Å². The molecule has 0 atom stereocenters. The van der Waals surface area contributed by atoms with E-state index >= 15 is 0 Å². The van der Waals surface area contributed by atoms with Gasteiger partial charge in [-0.1, -0.05) is 0 Å². The minimum Gasteiger partial charge on any atom is -0.447 e. The van der Waals surface area contributed by atoms with Crippen LogP contribution in [0.3, 0.4) is 0 Å². The summed E-state index contributed by atoms with van der Waals surface area (Å²) in [5.41, 5.74) is -0.468. The number of hydrogen-bond donors (Lipinski definition) is 1. The molecule has 1 amide bonds. The molecule has 1 aromatic carbocycles. The smallest absolute Gasteiger partial charge is 0.411 e. The SMILES string of the molecule is CC(C)OC(=O)Nc1ccc(F)c(F)c1F. The summed E-state index contributed by atoms with van der Waals surface area (Å²) in [4.78, 5) is 11.1. The first kappa shape index (κ1) is 12.4. The molecule has 0 fully saturated rings. The standard InChI is InChI=1S/C10H10F3NO2/c1-5(2)16-10(15)14-7-4-3-6(11)8(12)9(7)13/h3-5H,1-2H3,(H,14,15). The predicted molar refractivity (Wildman–Crippen MR) is 51.6 cm³/mol. The molecule has 88 valence electrons. The molecular formula is C10H10F3NO2. The van der Waals surface area contributed by atoms with Crippen LogP contribution in [0.15, 0.2) is 12.1 Å². The molecule has 0 unspecified atom stereocenters. The molecule has 0 saturated carbocycles. The molecule has 0 saturated heterocycles. The third-order valence-electron chi connectivity index (χ3n) is 1.61. The van der Waals surface area contributed by atoms with Crippen molar-refractivity contribution in [3.8, 4) is 0 Å². The average Bonchev–Trinajstić information content (AvgIpc) is 2.18. The highest BCUT2D eigenvalue weighted by atomic mass is 19.2. The van der Waals surface area contributed by atoms with Gasteiger partial charge in [0, 0.05) is 0 Å². The summed E-state index contributed by atoms with van der Waals surface area (Å²) in [6.07, 6.45) is -1.33. The van der Waals surface area contributed by atoms with E-state index in [-0.39, 0.29) is 0 Å². The Hall–Kier alpha value is -1.72. The first-order valence-corrected chi connectivity index (χ1v) is 4.53. The lowest BCUT2D eigenvalue weighted by molar-refractivity contribution is 0.130. The topological polar surface area (TPSA) is 38.3 Å². The van der Waals surface area contributed by atoms with Gasteiger partial charge in [0.25, 0.3) is 0 Å². The molecule has 0 aliphatic carbocycles. The average molecular weight is 233 g/mol. The van der Waals surface area contributed by atoms with E-state index in [1.54, 1.807) is 13.8 Å². The molecular weight excluding hydrogens is 223 g/mol. The van der Waals surface area contributed by atoms with Crippen LogP contribution in [0.5, 0.6) is 0 Å². The molecule has 0 spiro atoms. The van der Waals surface area contributed by atoms with Crippen LogP contribution in [-0.4, -0.2) is 12.2 Å². The Morgan fingerprint density at radius 1 is 1.25 bits per heavy atom. The van der Waals surface area contributed by atoms with Gasteiger partial charge in [0.15, 0.2) is 17.5 Å². The molecule has 0 aromatic heterocycles. The second kappa shape index (κ2) is 4.87. The fourth-order valence-electron chi connectivity index (χ4n) is 0.976. The van der Waals surface area contributed by atoms with Crippen molar-refractivity contribution < 1.29 is 22.7 Å². The van der Waals surface area contributed by atoms with E-state index in [0.717, 1.165) is 6.07 Å². The van der Waals surface area contributed by atoms with Crippen LogP contribution in [-0.2, 0) is 4.74 Å². The molecule has 16 heavy (non-hydrogen) atoms. The zero-order chi connectivity index (χ0) is 12.3. The number of hydrogen-bond acceptors (Lipinski definition) is 2. The normalized spacial score (nSPS) is 10.4. The highest BCUT2D eigenvalue weighted by molar-refractivity contribution is 5.84. The van der Waals surface area contributed by atoms with Gasteiger partial charge in [0.2, 0.25) is 0 Å². The number of nitrogens with one attached hydrogen (secondary N) is 1. The summed E-state index contributed by atoms with van der Waals surface area (Å²) >= 11 is 0. The predicted octanol–water partition coefficient (Wildman–Crippen LogP) is 3.06. The van der Waals surface area contributed by atoms with Gasteiger partial charge in [-0.2, -0.15) is 0 Å². The Kier molecular flexibility index (Phi) is 3.76. The van der Waals surface area contributed by atoms with Gasteiger partial charge >= 0.3 is 6.09 Å². The molecule has 0 heterocycles. The van der Waals surface area contributed by atoms with E-state index in [9.17, 15) is 18.0 Å². The number of carbonyl (C=O) groups excluding carboxylic acids is 1. The van der Waals surface area contributed by atoms with Gasteiger partial charge in [0.05, 0.1) is 11.8 Å². The van der Waals surface area contributed by atoms with Gasteiger partial charge in [-0.05, 0) is 26.0 Å². The van der Waals surface area contributed by atoms with Crippen molar-refractivity contribution in [2.45, 2.75) is 20.0 Å². The van der Waals surface area contributed by atoms with Crippen LogP contribution in [0.1, 0.15) is 13.8 Å². The van der Waals surface area contributed by atoms with Crippen LogP contribution >= 0.6 is 0 Å². The first-order valence-electron chi connectivity index (χ1n) is 4.53. The fraction of sp³-hybridized carbons (Fsp3) is 0.300. The lowest BCUT2D eigenvalue weighted by atomic mass is 10.3. The molecule has 1 rings (SSSR count). The Labute approximate surface area is 90.2 Å². The third kappa shape index (κ3) is 2.88. The van der Waals surface area contributed by atoms with Crippen molar-refractivity contribution in [3.63, 3.8) is 0 Å². The maximum atomic E-state index is 13.1. The van der Waals surface area contributed by atoms with Crippen molar-refractivity contribution in [2.24, 2.45) is 0 Å². The zero-order valence-electron chi connectivity index (χ0n) is 8.68. The van der Waals surface area contributed by atoms with E-state index in [4.69, 9.17) is 0 Å². The van der Waals surface area contributed by atoms with Crippen molar-refractivity contribution in [1.29, 1.82) is 0 Å². The van der Waals surface area contributed by atoms with E-state index < -0.39 is 35.3 Å². The second-order valence-corrected chi connectivity index (χ2v) is 3.30. The minimum absolute atomic E-state index is 0.395. The largest absolute Gasteiger partial charge is 0.447 e. The zero-order valence-corrected chi connectivity index (χ0v) is 8.68. The summed E-state index contributed by atoms with van der Waals surface area (Å²) < 4.78 is 43.0. The van der Waals surface area contributed by atoms with E-state index in [1.807, 2.05) is 5.32 Å². The first-order chi connectivity index (χ1) is 7.41. The second-order valence-electron chi connectivity index (χ2n) is 3.30. The number of anilines is 1. The van der Waals surface area contributed by atoms with Crippen molar-refractivity contribution in [2.75, 3.05) is 5.32 Å². The molecule has 3 nitrogen and oxygen atoms in total. The Bertz CT molecular complexity index is 407. The number of carbonyl (C=O) groups is 1. The minimum atomic E-state index is -1.64. The van der Waals surface area contributed by atoms with Crippen molar-refractivity contribution in [3.05, 3.63) is 29.6 Å². The Morgan fingerprint density at radius 3 is 2.44 bits per heavy atom. The quantitative estimate of drug-likeness (QED) is 0.797. The van der Waals surface area contributed by atoms with Crippen LogP contribution in [0.4, 0.5) is 23.7 Å². The summed E-state index contributed by atoms with van der Waals surface area (Å²) in [5.74, 6) is -4.41. The molecule has 0 bridgehead atoms. The van der Waals surface area contributed by atoms with Crippen molar-refractivity contribution >= 4 is 11.8 Å². The van der Waals surface area contributed by atoms with Crippen LogP contribution in [0, 0.1) is 17.5 Å².